The minimum absolute atomic E-state index is 0.0722. The number of hydrogen-bond acceptors (Lipinski definition) is 5. The van der Waals surface area contributed by atoms with E-state index in [-0.39, 0.29) is 17.4 Å². The molecule has 29 heavy (non-hydrogen) atoms. The number of alkyl halides is 2. The largest absolute Gasteiger partial charge is 0.356 e. The van der Waals surface area contributed by atoms with Crippen molar-refractivity contribution in [2.75, 3.05) is 11.9 Å². The average Bonchev–Trinajstić information content (AvgIpc) is 3.31. The van der Waals surface area contributed by atoms with E-state index in [0.29, 0.717) is 36.8 Å². The molecular weight excluding hydrogens is 378 g/mol. The van der Waals surface area contributed by atoms with Crippen molar-refractivity contribution in [2.24, 2.45) is 5.92 Å². The van der Waals surface area contributed by atoms with E-state index in [9.17, 15) is 13.6 Å². The summed E-state index contributed by atoms with van der Waals surface area (Å²) < 4.78 is 27.6. The van der Waals surface area contributed by atoms with E-state index in [1.807, 2.05) is 29.9 Å². The summed E-state index contributed by atoms with van der Waals surface area (Å²) in [5.74, 6) is 1.12. The second-order valence-corrected chi connectivity index (χ2v) is 7.14. The van der Waals surface area contributed by atoms with E-state index in [0.717, 1.165) is 11.1 Å². The number of carbonyl (C=O) groups is 1. The molecule has 0 aromatic carbocycles. The molecule has 0 unspecified atom stereocenters. The van der Waals surface area contributed by atoms with Crippen molar-refractivity contribution >= 4 is 17.5 Å². The molecule has 1 fully saturated rings. The zero-order valence-electron chi connectivity index (χ0n) is 15.8. The number of nitrogens with zero attached hydrogens (tertiary/aromatic N) is 4. The van der Waals surface area contributed by atoms with Crippen molar-refractivity contribution in [1.29, 1.82) is 0 Å². The van der Waals surface area contributed by atoms with Crippen molar-refractivity contribution in [2.45, 2.75) is 26.3 Å². The molecule has 4 rings (SSSR count). The van der Waals surface area contributed by atoms with Crippen molar-refractivity contribution in [1.82, 2.24) is 25.1 Å². The van der Waals surface area contributed by atoms with Crippen LogP contribution in [-0.2, 0) is 11.3 Å². The number of amides is 1. The topological polar surface area (TPSA) is 84.7 Å². The lowest BCUT2D eigenvalue weighted by atomic mass is 10.1. The number of hydrogen-bond donors (Lipinski definition) is 2. The van der Waals surface area contributed by atoms with Crippen LogP contribution in [0.3, 0.4) is 0 Å². The van der Waals surface area contributed by atoms with E-state index in [2.05, 4.69) is 25.7 Å². The third-order valence-corrected chi connectivity index (χ3v) is 4.70. The second kappa shape index (κ2) is 7.94. The number of aromatic nitrogens is 4. The molecule has 0 saturated carbocycles. The number of halogens is 2. The Labute approximate surface area is 166 Å². The molecule has 9 heteroatoms. The highest BCUT2D eigenvalue weighted by Gasteiger charge is 2.22. The van der Waals surface area contributed by atoms with E-state index in [1.54, 1.807) is 6.20 Å². The normalized spacial score (nSPS) is 16.3. The van der Waals surface area contributed by atoms with Gasteiger partial charge in [-0.05, 0) is 36.8 Å². The molecule has 1 amide bonds. The quantitative estimate of drug-likeness (QED) is 0.664. The van der Waals surface area contributed by atoms with Gasteiger partial charge in [-0.2, -0.15) is 5.10 Å². The Bertz CT molecular complexity index is 1040. The maximum Gasteiger partial charge on any atom is 0.264 e. The molecule has 150 valence electrons. The van der Waals surface area contributed by atoms with Crippen LogP contribution in [0.2, 0.25) is 0 Å². The SMILES string of the molecule is Cc1cc(Nc2cc(C(F)F)ccn2)nc(-c2cnn(C[C@@H]3CNC(=O)C3)c2)c1. The Balaban J connectivity index is 1.53. The van der Waals surface area contributed by atoms with Crippen LogP contribution in [0.4, 0.5) is 20.4 Å². The van der Waals surface area contributed by atoms with Gasteiger partial charge in [0.1, 0.15) is 11.6 Å². The van der Waals surface area contributed by atoms with Crippen LogP contribution in [0.5, 0.6) is 0 Å². The monoisotopic (exact) mass is 398 g/mol. The molecule has 0 aliphatic carbocycles. The summed E-state index contributed by atoms with van der Waals surface area (Å²) in [4.78, 5) is 20.0. The summed E-state index contributed by atoms with van der Waals surface area (Å²) in [7, 11) is 0. The highest BCUT2D eigenvalue weighted by atomic mass is 19.3. The molecule has 1 atom stereocenters. The summed E-state index contributed by atoms with van der Waals surface area (Å²) in [6, 6.07) is 6.34. The maximum absolute atomic E-state index is 12.9. The van der Waals surface area contributed by atoms with Gasteiger partial charge in [-0.3, -0.25) is 9.48 Å². The Morgan fingerprint density at radius 2 is 2.17 bits per heavy atom. The van der Waals surface area contributed by atoms with Gasteiger partial charge in [-0.1, -0.05) is 0 Å². The first-order chi connectivity index (χ1) is 14.0. The Hall–Kier alpha value is -3.36. The molecule has 0 radical (unpaired) electrons. The third kappa shape index (κ3) is 4.56. The van der Waals surface area contributed by atoms with Gasteiger partial charge in [-0.15, -0.1) is 0 Å². The van der Waals surface area contributed by atoms with Crippen LogP contribution in [0.25, 0.3) is 11.3 Å². The smallest absolute Gasteiger partial charge is 0.264 e. The number of pyridine rings is 2. The lowest BCUT2D eigenvalue weighted by Gasteiger charge is -2.09. The van der Waals surface area contributed by atoms with Gasteiger partial charge in [0.25, 0.3) is 6.43 Å². The fourth-order valence-corrected chi connectivity index (χ4v) is 3.32. The van der Waals surface area contributed by atoms with Crippen molar-refractivity contribution in [3.63, 3.8) is 0 Å². The van der Waals surface area contributed by atoms with Crippen LogP contribution in [0.1, 0.15) is 24.0 Å². The Morgan fingerprint density at radius 3 is 2.93 bits per heavy atom. The standard InChI is InChI=1S/C20H20F2N6O/c1-12-4-16(15-9-25-28(11-15)10-13-6-19(29)24-8-13)26-18(5-12)27-17-7-14(20(21)22)2-3-23-17/h2-5,7,9,11,13,20H,6,8,10H2,1H3,(H,24,29)(H,23,26,27)/t13-/m0/s1. The number of aryl methyl sites for hydroxylation is 1. The number of rotatable bonds is 6. The first kappa shape index (κ1) is 19.0. The Kier molecular flexibility index (Phi) is 5.20. The van der Waals surface area contributed by atoms with Gasteiger partial charge in [0.05, 0.1) is 11.9 Å². The number of anilines is 2. The first-order valence-electron chi connectivity index (χ1n) is 9.25. The molecule has 4 heterocycles. The van der Waals surface area contributed by atoms with E-state index in [4.69, 9.17) is 0 Å². The lowest BCUT2D eigenvalue weighted by Crippen LogP contribution is -2.16. The summed E-state index contributed by atoms with van der Waals surface area (Å²) in [6.07, 6.45) is 2.91. The van der Waals surface area contributed by atoms with Gasteiger partial charge in [0.15, 0.2) is 0 Å². The van der Waals surface area contributed by atoms with Crippen LogP contribution in [0, 0.1) is 12.8 Å². The fraction of sp³-hybridized carbons (Fsp3) is 0.300. The van der Waals surface area contributed by atoms with Crippen LogP contribution in [-0.4, -0.2) is 32.2 Å². The first-order valence-corrected chi connectivity index (χ1v) is 9.25. The van der Waals surface area contributed by atoms with Gasteiger partial charge in [0.2, 0.25) is 5.91 Å². The van der Waals surface area contributed by atoms with Gasteiger partial charge < -0.3 is 10.6 Å². The van der Waals surface area contributed by atoms with Gasteiger partial charge >= 0.3 is 0 Å². The maximum atomic E-state index is 12.9. The summed E-state index contributed by atoms with van der Waals surface area (Å²) in [5.41, 5.74) is 2.41. The van der Waals surface area contributed by atoms with E-state index < -0.39 is 6.43 Å². The van der Waals surface area contributed by atoms with Crippen LogP contribution < -0.4 is 10.6 Å². The Morgan fingerprint density at radius 1 is 1.31 bits per heavy atom. The molecular formula is C20H20F2N6O. The summed E-state index contributed by atoms with van der Waals surface area (Å²) in [6.45, 7) is 3.25. The summed E-state index contributed by atoms with van der Waals surface area (Å²) >= 11 is 0. The lowest BCUT2D eigenvalue weighted by molar-refractivity contribution is -0.119. The highest BCUT2D eigenvalue weighted by molar-refractivity contribution is 5.78. The molecule has 1 aliphatic heterocycles. The number of carbonyl (C=O) groups excluding carboxylic acids is 1. The molecule has 3 aromatic rings. The highest BCUT2D eigenvalue weighted by Crippen LogP contribution is 2.25. The third-order valence-electron chi connectivity index (χ3n) is 4.70. The van der Waals surface area contributed by atoms with Crippen molar-refractivity contribution in [3.05, 3.63) is 54.0 Å². The fourth-order valence-electron chi connectivity index (χ4n) is 3.32. The molecule has 1 saturated heterocycles. The molecule has 2 N–H and O–H groups in total. The second-order valence-electron chi connectivity index (χ2n) is 7.14. The van der Waals surface area contributed by atoms with Crippen LogP contribution in [0.15, 0.2) is 42.9 Å². The molecule has 1 aliphatic rings. The minimum atomic E-state index is -2.56. The zero-order valence-corrected chi connectivity index (χ0v) is 15.8. The van der Waals surface area contributed by atoms with Crippen molar-refractivity contribution in [3.8, 4) is 11.3 Å². The zero-order chi connectivity index (χ0) is 20.4. The van der Waals surface area contributed by atoms with Crippen LogP contribution >= 0.6 is 0 Å². The minimum Gasteiger partial charge on any atom is -0.356 e. The predicted molar refractivity (Wildman–Crippen MR) is 104 cm³/mol. The van der Waals surface area contributed by atoms with Crippen molar-refractivity contribution < 1.29 is 13.6 Å². The molecule has 7 nitrogen and oxygen atoms in total. The van der Waals surface area contributed by atoms with Gasteiger partial charge in [-0.25, -0.2) is 18.7 Å². The van der Waals surface area contributed by atoms with E-state index >= 15 is 0 Å². The van der Waals surface area contributed by atoms with E-state index in [1.165, 1.54) is 18.3 Å². The van der Waals surface area contributed by atoms with Gasteiger partial charge in [0, 0.05) is 48.9 Å². The molecule has 3 aromatic heterocycles. The molecule has 0 spiro atoms. The number of nitrogens with one attached hydrogen (secondary N) is 2. The molecule has 0 bridgehead atoms. The average molecular weight is 398 g/mol. The summed E-state index contributed by atoms with van der Waals surface area (Å²) in [5, 5.41) is 10.2. The predicted octanol–water partition coefficient (Wildman–Crippen LogP) is 3.47.